The van der Waals surface area contributed by atoms with Gasteiger partial charge in [-0.1, -0.05) is 18.2 Å². The van der Waals surface area contributed by atoms with Gasteiger partial charge in [-0.15, -0.1) is 0 Å². The van der Waals surface area contributed by atoms with Gasteiger partial charge in [0.05, 0.1) is 6.04 Å². The van der Waals surface area contributed by atoms with E-state index in [1.54, 1.807) is 12.4 Å². The van der Waals surface area contributed by atoms with Gasteiger partial charge < -0.3 is 10.6 Å². The predicted molar refractivity (Wildman–Crippen MR) is 83.2 cm³/mol. The number of thiocarbonyl (C=S) groups is 1. The van der Waals surface area contributed by atoms with Crippen LogP contribution in [0.15, 0.2) is 48.8 Å². The van der Waals surface area contributed by atoms with E-state index in [2.05, 4.69) is 35.5 Å². The van der Waals surface area contributed by atoms with Crippen molar-refractivity contribution in [2.24, 2.45) is 0 Å². The first-order valence-electron chi connectivity index (χ1n) is 6.20. The quantitative estimate of drug-likeness (QED) is 0.839. The lowest BCUT2D eigenvalue weighted by atomic mass is 10.1. The number of para-hydroxylation sites is 1. The Labute approximate surface area is 119 Å². The third kappa shape index (κ3) is 3.76. The molecule has 0 bridgehead atoms. The maximum Gasteiger partial charge on any atom is 0.171 e. The van der Waals surface area contributed by atoms with Gasteiger partial charge in [0.1, 0.15) is 0 Å². The van der Waals surface area contributed by atoms with Gasteiger partial charge in [-0.25, -0.2) is 0 Å². The zero-order valence-electron chi connectivity index (χ0n) is 11.1. The number of aromatic nitrogens is 1. The standard InChI is InChI=1S/C15H17N3S/c1-11-5-3-4-6-14(11)18-15(19)17-12(2)13-7-9-16-10-8-13/h3-10,12H,1-2H3,(H2,17,18,19)/t12-/m1/s1. The zero-order chi connectivity index (χ0) is 13.7. The highest BCUT2D eigenvalue weighted by molar-refractivity contribution is 7.80. The molecule has 1 aromatic carbocycles. The van der Waals surface area contributed by atoms with Crippen LogP contribution in [-0.2, 0) is 0 Å². The van der Waals surface area contributed by atoms with E-state index in [0.717, 1.165) is 11.3 Å². The molecule has 0 unspecified atom stereocenters. The molecule has 4 heteroatoms. The monoisotopic (exact) mass is 271 g/mol. The second-order valence-corrected chi connectivity index (χ2v) is 4.82. The first-order chi connectivity index (χ1) is 9.16. The topological polar surface area (TPSA) is 37.0 Å². The first-order valence-corrected chi connectivity index (χ1v) is 6.60. The molecule has 19 heavy (non-hydrogen) atoms. The lowest BCUT2D eigenvalue weighted by molar-refractivity contribution is 0.721. The Morgan fingerprint density at radius 3 is 2.53 bits per heavy atom. The molecule has 3 nitrogen and oxygen atoms in total. The van der Waals surface area contributed by atoms with Gasteiger partial charge in [-0.05, 0) is 55.4 Å². The average molecular weight is 271 g/mol. The molecular formula is C15H17N3S. The number of anilines is 1. The normalized spacial score (nSPS) is 11.7. The molecule has 1 aromatic heterocycles. The Morgan fingerprint density at radius 2 is 1.84 bits per heavy atom. The third-order valence-corrected chi connectivity index (χ3v) is 3.17. The van der Waals surface area contributed by atoms with Crippen LogP contribution < -0.4 is 10.6 Å². The molecule has 2 aromatic rings. The summed E-state index contributed by atoms with van der Waals surface area (Å²) in [4.78, 5) is 4.01. The zero-order valence-corrected chi connectivity index (χ0v) is 11.9. The first kappa shape index (κ1) is 13.5. The molecule has 0 saturated heterocycles. The summed E-state index contributed by atoms with van der Waals surface area (Å²) in [7, 11) is 0. The Bertz CT molecular complexity index is 554. The fraction of sp³-hybridized carbons (Fsp3) is 0.200. The minimum atomic E-state index is 0.145. The second kappa shape index (κ2) is 6.29. The number of aryl methyl sites for hydroxylation is 1. The van der Waals surface area contributed by atoms with Crippen LogP contribution >= 0.6 is 12.2 Å². The smallest absolute Gasteiger partial charge is 0.171 e. The average Bonchev–Trinajstić information content (AvgIpc) is 2.42. The Balaban J connectivity index is 1.97. The number of benzene rings is 1. The number of hydrogen-bond donors (Lipinski definition) is 2. The summed E-state index contributed by atoms with van der Waals surface area (Å²) >= 11 is 5.33. The molecule has 0 aliphatic carbocycles. The fourth-order valence-corrected chi connectivity index (χ4v) is 2.09. The number of hydrogen-bond acceptors (Lipinski definition) is 2. The van der Waals surface area contributed by atoms with Gasteiger partial charge in [0.25, 0.3) is 0 Å². The van der Waals surface area contributed by atoms with Crippen LogP contribution in [-0.4, -0.2) is 10.1 Å². The van der Waals surface area contributed by atoms with Crippen LogP contribution in [0, 0.1) is 6.92 Å². The SMILES string of the molecule is Cc1ccccc1NC(=S)N[C@H](C)c1ccncc1. The van der Waals surface area contributed by atoms with E-state index in [-0.39, 0.29) is 6.04 Å². The van der Waals surface area contributed by atoms with Gasteiger partial charge in [0, 0.05) is 18.1 Å². The van der Waals surface area contributed by atoms with Crippen molar-refractivity contribution in [2.45, 2.75) is 19.9 Å². The molecule has 1 atom stereocenters. The molecular weight excluding hydrogens is 254 g/mol. The number of nitrogens with zero attached hydrogens (tertiary/aromatic N) is 1. The molecule has 0 amide bonds. The van der Waals surface area contributed by atoms with E-state index in [0.29, 0.717) is 5.11 Å². The highest BCUT2D eigenvalue weighted by Gasteiger charge is 2.07. The highest BCUT2D eigenvalue weighted by atomic mass is 32.1. The summed E-state index contributed by atoms with van der Waals surface area (Å²) in [5.41, 5.74) is 3.36. The maximum atomic E-state index is 5.33. The van der Waals surface area contributed by atoms with Crippen LogP contribution in [0.4, 0.5) is 5.69 Å². The van der Waals surface area contributed by atoms with Crippen molar-refractivity contribution in [3.8, 4) is 0 Å². The van der Waals surface area contributed by atoms with Crippen LogP contribution in [0.2, 0.25) is 0 Å². The molecule has 0 aliphatic rings. The number of pyridine rings is 1. The van der Waals surface area contributed by atoms with E-state index < -0.39 is 0 Å². The van der Waals surface area contributed by atoms with Gasteiger partial charge in [-0.3, -0.25) is 4.98 Å². The molecule has 0 radical (unpaired) electrons. The number of nitrogens with one attached hydrogen (secondary N) is 2. The van der Waals surface area contributed by atoms with Gasteiger partial charge in [-0.2, -0.15) is 0 Å². The lowest BCUT2D eigenvalue weighted by Crippen LogP contribution is -2.31. The summed E-state index contributed by atoms with van der Waals surface area (Å²) in [6.45, 7) is 4.12. The summed E-state index contributed by atoms with van der Waals surface area (Å²) in [6, 6.07) is 12.2. The van der Waals surface area contributed by atoms with Gasteiger partial charge >= 0.3 is 0 Å². The molecule has 2 N–H and O–H groups in total. The fourth-order valence-electron chi connectivity index (χ4n) is 1.80. The van der Waals surface area contributed by atoms with E-state index in [9.17, 15) is 0 Å². The predicted octanol–water partition coefficient (Wildman–Crippen LogP) is 3.44. The van der Waals surface area contributed by atoms with Crippen molar-refractivity contribution >= 4 is 23.0 Å². The Hall–Kier alpha value is -1.94. The Kier molecular flexibility index (Phi) is 4.47. The summed E-state index contributed by atoms with van der Waals surface area (Å²) in [5.74, 6) is 0. The molecule has 98 valence electrons. The van der Waals surface area contributed by atoms with Crippen LogP contribution in [0.25, 0.3) is 0 Å². The maximum absolute atomic E-state index is 5.33. The molecule has 0 aliphatic heterocycles. The highest BCUT2D eigenvalue weighted by Crippen LogP contribution is 2.14. The van der Waals surface area contributed by atoms with E-state index in [4.69, 9.17) is 12.2 Å². The van der Waals surface area contributed by atoms with Gasteiger partial charge in [0.15, 0.2) is 5.11 Å². The minimum Gasteiger partial charge on any atom is -0.356 e. The number of rotatable bonds is 3. The van der Waals surface area contributed by atoms with Crippen molar-refractivity contribution in [3.63, 3.8) is 0 Å². The van der Waals surface area contributed by atoms with E-state index in [1.807, 2.05) is 30.3 Å². The van der Waals surface area contributed by atoms with Crippen LogP contribution in [0.5, 0.6) is 0 Å². The third-order valence-electron chi connectivity index (χ3n) is 2.95. The summed E-state index contributed by atoms with van der Waals surface area (Å²) in [6.07, 6.45) is 3.57. The molecule has 0 fully saturated rings. The van der Waals surface area contributed by atoms with Crippen molar-refractivity contribution < 1.29 is 0 Å². The van der Waals surface area contributed by atoms with Crippen molar-refractivity contribution in [1.29, 1.82) is 0 Å². The molecule has 1 heterocycles. The van der Waals surface area contributed by atoms with Crippen molar-refractivity contribution in [2.75, 3.05) is 5.32 Å². The minimum absolute atomic E-state index is 0.145. The summed E-state index contributed by atoms with van der Waals surface area (Å²) in [5, 5.41) is 7.10. The van der Waals surface area contributed by atoms with Crippen LogP contribution in [0.1, 0.15) is 24.1 Å². The van der Waals surface area contributed by atoms with E-state index in [1.165, 1.54) is 5.56 Å². The second-order valence-electron chi connectivity index (χ2n) is 4.42. The van der Waals surface area contributed by atoms with Crippen molar-refractivity contribution in [3.05, 3.63) is 59.9 Å². The lowest BCUT2D eigenvalue weighted by Gasteiger charge is -2.18. The molecule has 0 spiro atoms. The van der Waals surface area contributed by atoms with Crippen molar-refractivity contribution in [1.82, 2.24) is 10.3 Å². The van der Waals surface area contributed by atoms with Gasteiger partial charge in [0.2, 0.25) is 0 Å². The Morgan fingerprint density at radius 1 is 1.16 bits per heavy atom. The largest absolute Gasteiger partial charge is 0.356 e. The van der Waals surface area contributed by atoms with E-state index >= 15 is 0 Å². The summed E-state index contributed by atoms with van der Waals surface area (Å²) < 4.78 is 0. The molecule has 2 rings (SSSR count). The molecule has 0 saturated carbocycles. The van der Waals surface area contributed by atoms with Crippen LogP contribution in [0.3, 0.4) is 0 Å².